The first kappa shape index (κ1) is 21.8. The zero-order valence-electron chi connectivity index (χ0n) is 17.7. The second-order valence-electron chi connectivity index (χ2n) is 8.63. The Morgan fingerprint density at radius 1 is 1.33 bits per heavy atom. The van der Waals surface area contributed by atoms with Gasteiger partial charge in [0.25, 0.3) is 0 Å². The molecule has 2 aromatic heterocycles. The molecule has 1 aliphatic heterocycles. The van der Waals surface area contributed by atoms with Crippen LogP contribution in [0.25, 0.3) is 11.4 Å². The SMILES string of the molecule is Cn1ncc(F)c1-c1ccc(CNC(=O)C2CCCN2C(=O)C(N)C(C)(C)C)nn1. The minimum atomic E-state index is -0.670. The summed E-state index contributed by atoms with van der Waals surface area (Å²) in [6.45, 7) is 6.39. The Labute approximate surface area is 174 Å². The normalized spacial score (nSPS) is 17.8. The molecule has 3 rings (SSSR count). The van der Waals surface area contributed by atoms with Crippen molar-refractivity contribution in [2.75, 3.05) is 6.54 Å². The molecular formula is C20H28FN7O2. The molecule has 1 aliphatic rings. The lowest BCUT2D eigenvalue weighted by molar-refractivity contribution is -0.141. The molecular weight excluding hydrogens is 389 g/mol. The van der Waals surface area contributed by atoms with Crippen molar-refractivity contribution >= 4 is 11.8 Å². The summed E-state index contributed by atoms with van der Waals surface area (Å²) in [6.07, 6.45) is 2.47. The summed E-state index contributed by atoms with van der Waals surface area (Å²) in [6, 6.07) is 2.09. The fraction of sp³-hybridized carbons (Fsp3) is 0.550. The molecule has 1 fully saturated rings. The third-order valence-corrected chi connectivity index (χ3v) is 5.34. The third-order valence-electron chi connectivity index (χ3n) is 5.34. The summed E-state index contributed by atoms with van der Waals surface area (Å²) in [5.74, 6) is -0.930. The summed E-state index contributed by atoms with van der Waals surface area (Å²) in [7, 11) is 1.62. The van der Waals surface area contributed by atoms with E-state index in [0.29, 0.717) is 24.4 Å². The Morgan fingerprint density at radius 3 is 2.63 bits per heavy atom. The lowest BCUT2D eigenvalue weighted by Gasteiger charge is -2.32. The van der Waals surface area contributed by atoms with Gasteiger partial charge in [-0.15, -0.1) is 5.10 Å². The number of aromatic nitrogens is 4. The van der Waals surface area contributed by atoms with E-state index >= 15 is 0 Å². The average molecular weight is 417 g/mol. The molecule has 3 heterocycles. The van der Waals surface area contributed by atoms with Crippen LogP contribution in [0.3, 0.4) is 0 Å². The molecule has 2 atom stereocenters. The van der Waals surface area contributed by atoms with Gasteiger partial charge in [-0.3, -0.25) is 14.3 Å². The smallest absolute Gasteiger partial charge is 0.243 e. The molecule has 2 amide bonds. The Kier molecular flexibility index (Phi) is 6.16. The van der Waals surface area contributed by atoms with Gasteiger partial charge in [-0.2, -0.15) is 10.2 Å². The van der Waals surface area contributed by atoms with Gasteiger partial charge in [0.15, 0.2) is 5.82 Å². The molecule has 0 aromatic carbocycles. The van der Waals surface area contributed by atoms with E-state index in [0.717, 1.165) is 12.6 Å². The van der Waals surface area contributed by atoms with Crippen LogP contribution >= 0.6 is 0 Å². The number of hydrogen-bond acceptors (Lipinski definition) is 6. The van der Waals surface area contributed by atoms with Gasteiger partial charge in [0.2, 0.25) is 11.8 Å². The van der Waals surface area contributed by atoms with Crippen LogP contribution in [-0.2, 0) is 23.2 Å². The van der Waals surface area contributed by atoms with Crippen LogP contribution in [0.2, 0.25) is 0 Å². The van der Waals surface area contributed by atoms with E-state index in [-0.39, 0.29) is 29.5 Å². The second kappa shape index (κ2) is 8.47. The van der Waals surface area contributed by atoms with E-state index in [9.17, 15) is 14.0 Å². The van der Waals surface area contributed by atoms with E-state index in [1.54, 1.807) is 24.1 Å². The zero-order valence-corrected chi connectivity index (χ0v) is 17.7. The van der Waals surface area contributed by atoms with E-state index in [1.165, 1.54) is 4.68 Å². The second-order valence-corrected chi connectivity index (χ2v) is 8.63. The molecule has 0 spiro atoms. The number of nitrogens with zero attached hydrogens (tertiary/aromatic N) is 5. The highest BCUT2D eigenvalue weighted by atomic mass is 19.1. The number of carbonyl (C=O) groups is 2. The molecule has 0 aliphatic carbocycles. The van der Waals surface area contributed by atoms with Crippen molar-refractivity contribution < 1.29 is 14.0 Å². The number of likely N-dealkylation sites (tertiary alicyclic amines) is 1. The van der Waals surface area contributed by atoms with Crippen LogP contribution in [0, 0.1) is 11.2 Å². The Balaban J connectivity index is 1.62. The summed E-state index contributed by atoms with van der Waals surface area (Å²) >= 11 is 0. The molecule has 0 radical (unpaired) electrons. The maximum absolute atomic E-state index is 13.8. The van der Waals surface area contributed by atoms with E-state index in [4.69, 9.17) is 5.73 Å². The molecule has 0 saturated carbocycles. The molecule has 0 bridgehead atoms. The van der Waals surface area contributed by atoms with Gasteiger partial charge in [0.05, 0.1) is 24.5 Å². The summed E-state index contributed by atoms with van der Waals surface area (Å²) in [5.41, 5.74) is 6.84. The van der Waals surface area contributed by atoms with E-state index in [2.05, 4.69) is 20.6 Å². The molecule has 2 unspecified atom stereocenters. The highest BCUT2D eigenvalue weighted by Crippen LogP contribution is 2.24. The van der Waals surface area contributed by atoms with Crippen molar-refractivity contribution in [1.29, 1.82) is 0 Å². The van der Waals surface area contributed by atoms with Crippen LogP contribution in [0.4, 0.5) is 4.39 Å². The van der Waals surface area contributed by atoms with Crippen molar-refractivity contribution in [2.45, 2.75) is 52.2 Å². The lowest BCUT2D eigenvalue weighted by atomic mass is 9.86. The van der Waals surface area contributed by atoms with Crippen molar-refractivity contribution in [3.63, 3.8) is 0 Å². The predicted molar refractivity (Wildman–Crippen MR) is 108 cm³/mol. The van der Waals surface area contributed by atoms with Crippen LogP contribution in [0.1, 0.15) is 39.3 Å². The van der Waals surface area contributed by atoms with Gasteiger partial charge in [0, 0.05) is 13.6 Å². The first-order chi connectivity index (χ1) is 14.1. The minimum Gasteiger partial charge on any atom is -0.349 e. The highest BCUT2D eigenvalue weighted by Gasteiger charge is 2.39. The van der Waals surface area contributed by atoms with Crippen molar-refractivity contribution in [2.24, 2.45) is 18.2 Å². The van der Waals surface area contributed by atoms with Crippen molar-refractivity contribution in [1.82, 2.24) is 30.2 Å². The maximum atomic E-state index is 13.8. The number of nitrogens with one attached hydrogen (secondary N) is 1. The van der Waals surface area contributed by atoms with Crippen LogP contribution in [0.5, 0.6) is 0 Å². The maximum Gasteiger partial charge on any atom is 0.243 e. The summed E-state index contributed by atoms with van der Waals surface area (Å²) in [4.78, 5) is 27.0. The van der Waals surface area contributed by atoms with Gasteiger partial charge in [-0.1, -0.05) is 20.8 Å². The number of carbonyl (C=O) groups excluding carboxylic acids is 2. The standard InChI is InChI=1S/C20H28FN7O2/c1-20(2,3)17(22)19(30)28-9-5-6-15(28)18(29)23-10-12-7-8-14(26-25-12)16-13(21)11-24-27(16)4/h7-8,11,15,17H,5-6,9-10,22H2,1-4H3,(H,23,29). The van der Waals surface area contributed by atoms with Crippen LogP contribution in [0.15, 0.2) is 18.3 Å². The third kappa shape index (κ3) is 4.48. The number of aryl methyl sites for hydroxylation is 1. The topological polar surface area (TPSA) is 119 Å². The number of amides is 2. The lowest BCUT2D eigenvalue weighted by Crippen LogP contribution is -2.54. The van der Waals surface area contributed by atoms with Gasteiger partial charge in [-0.05, 0) is 30.4 Å². The monoisotopic (exact) mass is 417 g/mol. The van der Waals surface area contributed by atoms with E-state index < -0.39 is 17.9 Å². The molecule has 10 heteroatoms. The number of rotatable bonds is 5. The molecule has 30 heavy (non-hydrogen) atoms. The van der Waals surface area contributed by atoms with Crippen LogP contribution < -0.4 is 11.1 Å². The fourth-order valence-electron chi connectivity index (χ4n) is 3.43. The number of nitrogens with two attached hydrogens (primary N) is 1. The van der Waals surface area contributed by atoms with Gasteiger partial charge in [-0.25, -0.2) is 4.39 Å². The molecule has 1 saturated heterocycles. The Bertz CT molecular complexity index is 901. The zero-order chi connectivity index (χ0) is 22.1. The minimum absolute atomic E-state index is 0.157. The largest absolute Gasteiger partial charge is 0.349 e. The first-order valence-electron chi connectivity index (χ1n) is 9.94. The molecule has 2 aromatic rings. The fourth-order valence-corrected chi connectivity index (χ4v) is 3.43. The van der Waals surface area contributed by atoms with Crippen molar-refractivity contribution in [3.05, 3.63) is 29.8 Å². The average Bonchev–Trinajstić information content (AvgIpc) is 3.31. The number of halogens is 1. The molecule has 3 N–H and O–H groups in total. The van der Waals surface area contributed by atoms with Crippen molar-refractivity contribution in [3.8, 4) is 11.4 Å². The Morgan fingerprint density at radius 2 is 2.07 bits per heavy atom. The van der Waals surface area contributed by atoms with Gasteiger partial charge in [0.1, 0.15) is 17.4 Å². The molecule has 162 valence electrons. The van der Waals surface area contributed by atoms with E-state index in [1.807, 2.05) is 20.8 Å². The highest BCUT2D eigenvalue weighted by molar-refractivity contribution is 5.90. The predicted octanol–water partition coefficient (Wildman–Crippen LogP) is 0.997. The first-order valence-corrected chi connectivity index (χ1v) is 9.94. The van der Waals surface area contributed by atoms with Gasteiger partial charge >= 0.3 is 0 Å². The number of hydrogen-bond donors (Lipinski definition) is 2. The van der Waals surface area contributed by atoms with Crippen LogP contribution in [-0.4, -0.2) is 55.3 Å². The summed E-state index contributed by atoms with van der Waals surface area (Å²) in [5, 5.41) is 14.7. The van der Waals surface area contributed by atoms with Gasteiger partial charge < -0.3 is 16.0 Å². The Hall–Kier alpha value is -2.88. The molecule has 9 nitrogen and oxygen atoms in total. The quantitative estimate of drug-likeness (QED) is 0.749. The summed E-state index contributed by atoms with van der Waals surface area (Å²) < 4.78 is 15.2.